The van der Waals surface area contributed by atoms with Crippen molar-refractivity contribution < 1.29 is 13.2 Å². The van der Waals surface area contributed by atoms with Gasteiger partial charge in [0.25, 0.3) is 10.0 Å². The maximum Gasteiger partial charge on any atom is 0.273 e. The molecule has 6 heteroatoms. The normalized spacial score (nSPS) is 17.2. The quantitative estimate of drug-likeness (QED) is 0.914. The highest BCUT2D eigenvalue weighted by molar-refractivity contribution is 7.92. The number of carbonyl (C=O) groups is 1. The van der Waals surface area contributed by atoms with Gasteiger partial charge in [-0.15, -0.1) is 11.3 Å². The van der Waals surface area contributed by atoms with Crippen LogP contribution in [0.3, 0.4) is 0 Å². The van der Waals surface area contributed by atoms with Crippen molar-refractivity contribution >= 4 is 27.3 Å². The van der Waals surface area contributed by atoms with Crippen LogP contribution in [0.1, 0.15) is 32.1 Å². The van der Waals surface area contributed by atoms with E-state index in [-0.39, 0.29) is 10.1 Å². The molecule has 1 aromatic heterocycles. The zero-order valence-corrected chi connectivity index (χ0v) is 11.0. The summed E-state index contributed by atoms with van der Waals surface area (Å²) in [5, 5.41) is 1.68. The smallest absolute Gasteiger partial charge is 0.273 e. The summed E-state index contributed by atoms with van der Waals surface area (Å²) in [6, 6.07) is 3.15. The number of hydrogen-bond acceptors (Lipinski definition) is 4. The largest absolute Gasteiger partial charge is 0.274 e. The van der Waals surface area contributed by atoms with Gasteiger partial charge in [-0.3, -0.25) is 4.79 Å². The summed E-state index contributed by atoms with van der Waals surface area (Å²) in [6.45, 7) is 0. The van der Waals surface area contributed by atoms with E-state index < -0.39 is 10.0 Å². The van der Waals surface area contributed by atoms with E-state index in [0.717, 1.165) is 37.0 Å². The first-order valence-electron chi connectivity index (χ1n) is 5.67. The molecule has 17 heavy (non-hydrogen) atoms. The summed E-state index contributed by atoms with van der Waals surface area (Å²) in [5.74, 6) is -0.0289. The lowest BCUT2D eigenvalue weighted by Crippen LogP contribution is -2.31. The molecule has 0 atom stereocenters. The van der Waals surface area contributed by atoms with Gasteiger partial charge < -0.3 is 0 Å². The van der Waals surface area contributed by atoms with Crippen molar-refractivity contribution in [2.45, 2.75) is 36.3 Å². The number of nitrogens with one attached hydrogen (secondary N) is 1. The molecule has 1 heterocycles. The van der Waals surface area contributed by atoms with Gasteiger partial charge in [-0.2, -0.15) is 0 Å². The highest BCUT2D eigenvalue weighted by atomic mass is 32.2. The van der Waals surface area contributed by atoms with Gasteiger partial charge in [0.15, 0.2) is 0 Å². The average molecular weight is 273 g/mol. The topological polar surface area (TPSA) is 63.2 Å². The van der Waals surface area contributed by atoms with Crippen molar-refractivity contribution in [2.75, 3.05) is 0 Å². The van der Waals surface area contributed by atoms with Gasteiger partial charge in [-0.05, 0) is 30.2 Å². The van der Waals surface area contributed by atoms with Crippen LogP contribution in [0.25, 0.3) is 0 Å². The molecule has 1 fully saturated rings. The van der Waals surface area contributed by atoms with Crippen molar-refractivity contribution in [3.05, 3.63) is 17.5 Å². The van der Waals surface area contributed by atoms with Crippen LogP contribution in [-0.2, 0) is 14.8 Å². The van der Waals surface area contributed by atoms with Crippen LogP contribution in [0, 0.1) is 5.92 Å². The predicted molar refractivity (Wildman–Crippen MR) is 66.2 cm³/mol. The molecule has 1 aromatic rings. The fraction of sp³-hybridized carbons (Fsp3) is 0.545. The SMILES string of the molecule is O=C(CC1CCCC1)NS(=O)(=O)c1cccs1. The van der Waals surface area contributed by atoms with Crippen molar-refractivity contribution in [1.82, 2.24) is 4.72 Å². The van der Waals surface area contributed by atoms with E-state index in [1.165, 1.54) is 6.07 Å². The minimum atomic E-state index is -3.64. The van der Waals surface area contributed by atoms with Crippen LogP contribution in [0.4, 0.5) is 0 Å². The lowest BCUT2D eigenvalue weighted by molar-refractivity contribution is -0.120. The van der Waals surface area contributed by atoms with Crippen LogP contribution in [0.2, 0.25) is 0 Å². The van der Waals surface area contributed by atoms with Crippen LogP contribution in [-0.4, -0.2) is 14.3 Å². The van der Waals surface area contributed by atoms with Crippen molar-refractivity contribution in [1.29, 1.82) is 0 Å². The first-order valence-corrected chi connectivity index (χ1v) is 8.03. The molecule has 94 valence electrons. The van der Waals surface area contributed by atoms with Gasteiger partial charge >= 0.3 is 0 Å². The molecule has 0 radical (unpaired) electrons. The van der Waals surface area contributed by atoms with Crippen molar-refractivity contribution in [3.63, 3.8) is 0 Å². The Labute approximate surface area is 105 Å². The van der Waals surface area contributed by atoms with Crippen LogP contribution in [0.5, 0.6) is 0 Å². The standard InChI is InChI=1S/C11H15NO3S2/c13-10(8-9-4-1-2-5-9)12-17(14,15)11-6-3-7-16-11/h3,6-7,9H,1-2,4-5,8H2,(H,12,13). The molecule has 4 nitrogen and oxygen atoms in total. The number of amides is 1. The third-order valence-corrected chi connectivity index (χ3v) is 5.73. The van der Waals surface area contributed by atoms with E-state index in [2.05, 4.69) is 4.72 Å². The predicted octanol–water partition coefficient (Wildman–Crippen LogP) is 2.13. The van der Waals surface area contributed by atoms with E-state index in [0.29, 0.717) is 12.3 Å². The van der Waals surface area contributed by atoms with Gasteiger partial charge in [0.05, 0.1) is 0 Å². The van der Waals surface area contributed by atoms with Gasteiger partial charge in [0.1, 0.15) is 4.21 Å². The zero-order valence-electron chi connectivity index (χ0n) is 9.39. The maximum absolute atomic E-state index is 11.8. The summed E-state index contributed by atoms with van der Waals surface area (Å²) < 4.78 is 25.8. The first kappa shape index (κ1) is 12.6. The lowest BCUT2D eigenvalue weighted by atomic mass is 10.0. The molecule has 0 bridgehead atoms. The van der Waals surface area contributed by atoms with Gasteiger partial charge in [0.2, 0.25) is 5.91 Å². The highest BCUT2D eigenvalue weighted by Crippen LogP contribution is 2.27. The molecule has 1 saturated carbocycles. The Morgan fingerprint density at radius 2 is 2.12 bits per heavy atom. The molecule has 0 aromatic carbocycles. The Kier molecular flexibility index (Phi) is 3.83. The van der Waals surface area contributed by atoms with E-state index in [9.17, 15) is 13.2 Å². The Balaban J connectivity index is 1.94. The van der Waals surface area contributed by atoms with Crippen molar-refractivity contribution in [2.24, 2.45) is 5.92 Å². The first-order chi connectivity index (χ1) is 8.08. The minimum absolute atomic E-state index is 0.192. The van der Waals surface area contributed by atoms with Crippen LogP contribution < -0.4 is 4.72 Å². The monoisotopic (exact) mass is 273 g/mol. The second-order valence-electron chi connectivity index (χ2n) is 4.32. The number of rotatable bonds is 4. The Hall–Kier alpha value is -0.880. The maximum atomic E-state index is 11.8. The Bertz CT molecular complexity index is 473. The van der Waals surface area contributed by atoms with E-state index in [1.54, 1.807) is 11.4 Å². The molecule has 1 amide bonds. The summed E-state index contributed by atoms with van der Waals surface area (Å²) in [6.07, 6.45) is 4.69. The van der Waals surface area contributed by atoms with E-state index >= 15 is 0 Å². The van der Waals surface area contributed by atoms with Gasteiger partial charge in [-0.25, -0.2) is 13.1 Å². The number of sulfonamides is 1. The molecule has 0 saturated heterocycles. The molecule has 0 unspecified atom stereocenters. The molecule has 0 spiro atoms. The van der Waals surface area contributed by atoms with Gasteiger partial charge in [-0.1, -0.05) is 18.9 Å². The second-order valence-corrected chi connectivity index (χ2v) is 7.17. The van der Waals surface area contributed by atoms with Crippen LogP contribution >= 0.6 is 11.3 Å². The molecule has 1 N–H and O–H groups in total. The second kappa shape index (κ2) is 5.18. The summed E-state index contributed by atoms with van der Waals surface area (Å²) in [7, 11) is -3.64. The number of hydrogen-bond donors (Lipinski definition) is 1. The number of thiophene rings is 1. The van der Waals surface area contributed by atoms with Crippen LogP contribution in [0.15, 0.2) is 21.7 Å². The molecule has 1 aliphatic carbocycles. The molecular formula is C11H15NO3S2. The number of carbonyl (C=O) groups excluding carboxylic acids is 1. The van der Waals surface area contributed by atoms with E-state index in [4.69, 9.17) is 0 Å². The van der Waals surface area contributed by atoms with Gasteiger partial charge in [0, 0.05) is 6.42 Å². The average Bonchev–Trinajstić information content (AvgIpc) is 2.87. The summed E-state index contributed by atoms with van der Waals surface area (Å²) >= 11 is 1.11. The fourth-order valence-electron chi connectivity index (χ4n) is 2.13. The third kappa shape index (κ3) is 3.29. The van der Waals surface area contributed by atoms with E-state index in [1.807, 2.05) is 0 Å². The fourth-order valence-corrected chi connectivity index (χ4v) is 4.12. The Morgan fingerprint density at radius 1 is 1.41 bits per heavy atom. The summed E-state index contributed by atoms with van der Waals surface area (Å²) in [5.41, 5.74) is 0. The summed E-state index contributed by atoms with van der Waals surface area (Å²) in [4.78, 5) is 11.6. The Morgan fingerprint density at radius 3 is 2.71 bits per heavy atom. The molecular weight excluding hydrogens is 258 g/mol. The molecule has 2 rings (SSSR count). The molecule has 0 aliphatic heterocycles. The van der Waals surface area contributed by atoms with Crippen molar-refractivity contribution in [3.8, 4) is 0 Å². The molecule has 1 aliphatic rings. The zero-order chi connectivity index (χ0) is 12.3. The minimum Gasteiger partial charge on any atom is -0.274 e. The highest BCUT2D eigenvalue weighted by Gasteiger charge is 2.23. The third-order valence-electron chi connectivity index (χ3n) is 2.96. The lowest BCUT2D eigenvalue weighted by Gasteiger charge is -2.09.